The van der Waals surface area contributed by atoms with Crippen molar-refractivity contribution in [2.24, 2.45) is 28.1 Å². The van der Waals surface area contributed by atoms with Gasteiger partial charge in [-0.1, -0.05) is 19.9 Å². The second kappa shape index (κ2) is 15.6. The van der Waals surface area contributed by atoms with Crippen molar-refractivity contribution in [3.05, 3.63) is 12.2 Å². The Morgan fingerprint density at radius 2 is 1.21 bits per heavy atom. The van der Waals surface area contributed by atoms with E-state index in [0.717, 1.165) is 18.4 Å². The number of carbonyl (C=O) groups is 1. The highest BCUT2D eigenvalue weighted by atomic mass is 16.8. The molecule has 18 heteroatoms. The maximum atomic E-state index is 14.1. The Kier molecular flexibility index (Phi) is 11.9. The number of carbonyl (C=O) groups excluding carboxylic acids is 1. The van der Waals surface area contributed by atoms with Crippen molar-refractivity contribution in [3.8, 4) is 0 Å². The van der Waals surface area contributed by atoms with E-state index in [2.05, 4.69) is 13.5 Å². The Hall–Kier alpha value is -1.43. The minimum Gasteiger partial charge on any atom is -0.432 e. The molecule has 3 heterocycles. The summed E-state index contributed by atoms with van der Waals surface area (Å²) in [6.07, 6.45) is -17.8. The highest BCUT2D eigenvalue weighted by Gasteiger charge is 2.69. The van der Waals surface area contributed by atoms with Gasteiger partial charge in [-0.2, -0.15) is 0 Å². The molecule has 0 aromatic carbocycles. The molecule has 1 spiro atoms. The minimum atomic E-state index is -1.81. The Balaban J connectivity index is 1.10. The number of fused-ring (bicyclic) bond motifs is 3. The Bertz CT molecular complexity index is 1450. The maximum absolute atomic E-state index is 14.1. The molecule has 0 aromatic heterocycles. The summed E-state index contributed by atoms with van der Waals surface area (Å²) in [5.41, 5.74) is -1.80. The molecule has 1 unspecified atom stereocenters. The predicted octanol–water partition coefficient (Wildman–Crippen LogP) is -2.94. The van der Waals surface area contributed by atoms with Crippen LogP contribution in [0.2, 0.25) is 0 Å². The third-order valence-electron chi connectivity index (χ3n) is 15.0. The first-order valence-corrected chi connectivity index (χ1v) is 19.9. The van der Waals surface area contributed by atoms with Gasteiger partial charge in [-0.25, -0.2) is 0 Å². The van der Waals surface area contributed by atoms with Crippen LogP contribution in [0, 0.1) is 28.1 Å². The molecule has 7 rings (SSSR count). The van der Waals surface area contributed by atoms with E-state index >= 15 is 0 Å². The molecule has 2 bridgehead atoms. The molecular formula is C38H60O18. The van der Waals surface area contributed by atoms with Crippen molar-refractivity contribution < 1.29 is 89.4 Å². The summed E-state index contributed by atoms with van der Waals surface area (Å²) < 4.78 is 35.6. The van der Waals surface area contributed by atoms with Crippen molar-refractivity contribution in [1.29, 1.82) is 0 Å². The molecule has 3 saturated heterocycles. The first-order valence-electron chi connectivity index (χ1n) is 19.9. The molecule has 56 heavy (non-hydrogen) atoms. The van der Waals surface area contributed by atoms with E-state index in [1.165, 1.54) is 0 Å². The molecule has 4 saturated carbocycles. The minimum absolute atomic E-state index is 0.121. The first kappa shape index (κ1) is 42.7. The van der Waals surface area contributed by atoms with E-state index < -0.39 is 129 Å². The summed E-state index contributed by atoms with van der Waals surface area (Å²) in [6.45, 7) is 6.52. The van der Waals surface area contributed by atoms with E-state index in [1.54, 1.807) is 0 Å². The van der Waals surface area contributed by atoms with Gasteiger partial charge in [-0.05, 0) is 86.5 Å². The van der Waals surface area contributed by atoms with Gasteiger partial charge in [0.1, 0.15) is 73.2 Å². The van der Waals surface area contributed by atoms with Gasteiger partial charge >= 0.3 is 5.97 Å². The maximum Gasteiger partial charge on any atom is 0.314 e. The fourth-order valence-electron chi connectivity index (χ4n) is 12.0. The van der Waals surface area contributed by atoms with Crippen LogP contribution < -0.4 is 0 Å². The molecular weight excluding hydrogens is 744 g/mol. The fourth-order valence-corrected chi connectivity index (χ4v) is 12.0. The Morgan fingerprint density at radius 3 is 1.82 bits per heavy atom. The van der Waals surface area contributed by atoms with E-state index in [-0.39, 0.29) is 22.7 Å². The standard InChI is InChI=1S/C38H60O18/c1-16-11-37-9-5-20-35(2,7-4-8-36(20,3)34(50)55-32-29(49)26(46)23(43)18(13-40)52-32)21(37)6-10-38(16,15-37)56-33-30(27(47)24(44)19(14-41)53-33)54-31-28(48)25(45)22(42)17(12-39)51-31/h17-33,39-49H,1,4-15H2,2-3H3/t17-,18-,19-,20+,21+,22-,23-,24-,25-,26-,27-,28-,29-,30-,31-,32-,33-,35+,36+,37?,38-/m1/s1. The van der Waals surface area contributed by atoms with Gasteiger partial charge in [0.25, 0.3) is 0 Å². The van der Waals surface area contributed by atoms with Gasteiger partial charge in [0, 0.05) is 0 Å². The smallest absolute Gasteiger partial charge is 0.314 e. The van der Waals surface area contributed by atoms with Crippen LogP contribution in [0.4, 0.5) is 0 Å². The molecule has 0 amide bonds. The average molecular weight is 805 g/mol. The normalized spacial score (nSPS) is 54.6. The number of rotatable bonds is 9. The summed E-state index contributed by atoms with van der Waals surface area (Å²) >= 11 is 0. The van der Waals surface area contributed by atoms with Gasteiger partial charge < -0.3 is 84.6 Å². The summed E-state index contributed by atoms with van der Waals surface area (Å²) in [7, 11) is 0. The summed E-state index contributed by atoms with van der Waals surface area (Å²) in [4.78, 5) is 14.1. The van der Waals surface area contributed by atoms with Crippen molar-refractivity contribution in [2.45, 2.75) is 169 Å². The predicted molar refractivity (Wildman–Crippen MR) is 186 cm³/mol. The van der Waals surface area contributed by atoms with E-state index in [4.69, 9.17) is 28.4 Å². The van der Waals surface area contributed by atoms with Gasteiger partial charge in [0.2, 0.25) is 6.29 Å². The summed E-state index contributed by atoms with van der Waals surface area (Å²) in [6, 6.07) is 0. The lowest BCUT2D eigenvalue weighted by molar-refractivity contribution is -0.378. The zero-order valence-electron chi connectivity index (χ0n) is 31.8. The molecule has 0 radical (unpaired) electrons. The van der Waals surface area contributed by atoms with Crippen LogP contribution in [0.25, 0.3) is 0 Å². The number of aliphatic hydroxyl groups excluding tert-OH is 11. The molecule has 3 aliphatic heterocycles. The van der Waals surface area contributed by atoms with Gasteiger partial charge in [-0.15, -0.1) is 0 Å². The Morgan fingerprint density at radius 1 is 0.679 bits per heavy atom. The summed E-state index contributed by atoms with van der Waals surface area (Å²) in [5, 5.41) is 114. The van der Waals surface area contributed by atoms with Crippen molar-refractivity contribution in [3.63, 3.8) is 0 Å². The van der Waals surface area contributed by atoms with Gasteiger partial charge in [0.15, 0.2) is 12.6 Å². The number of esters is 1. The van der Waals surface area contributed by atoms with E-state index in [1.807, 2.05) is 6.92 Å². The number of ether oxygens (including phenoxy) is 6. The van der Waals surface area contributed by atoms with Crippen LogP contribution >= 0.6 is 0 Å². The zero-order chi connectivity index (χ0) is 40.7. The van der Waals surface area contributed by atoms with Crippen LogP contribution in [-0.2, 0) is 33.2 Å². The number of hydrogen-bond donors (Lipinski definition) is 11. The second-order valence-corrected chi connectivity index (χ2v) is 18.0. The molecule has 7 aliphatic rings. The van der Waals surface area contributed by atoms with Crippen molar-refractivity contribution in [1.82, 2.24) is 0 Å². The second-order valence-electron chi connectivity index (χ2n) is 18.0. The quantitative estimate of drug-likeness (QED) is 0.0631. The lowest BCUT2D eigenvalue weighted by atomic mass is 9.41. The van der Waals surface area contributed by atoms with Crippen LogP contribution in [-0.4, -0.2) is 180 Å². The monoisotopic (exact) mass is 804 g/mol. The molecule has 0 aromatic rings. The van der Waals surface area contributed by atoms with Crippen LogP contribution in [0.1, 0.15) is 71.6 Å². The zero-order valence-corrected chi connectivity index (χ0v) is 31.8. The highest BCUT2D eigenvalue weighted by molar-refractivity contribution is 5.77. The van der Waals surface area contributed by atoms with E-state index in [9.17, 15) is 61.0 Å². The molecule has 4 aliphatic carbocycles. The van der Waals surface area contributed by atoms with E-state index in [0.29, 0.717) is 44.9 Å². The molecule has 7 fully saturated rings. The Labute approximate surface area is 324 Å². The average Bonchev–Trinajstić information content (AvgIpc) is 3.37. The SMILES string of the molecule is C=C1CC23CC[C@H]4[C@](C)(CCC[C@]4(C)C(=O)O[C@H]4O[C@H](CO)[C@@H](O)[C@@H](O)[C@H]4O)[C@@H]2CC[C@@]1(O[C@H]1O[C@H](CO)[C@@H](O)[C@@H](O)[C@H]1O[C@H]1O[C@H](CO)[C@@H](O)[C@@H](O)[C@H]1O)C3. The third kappa shape index (κ3) is 6.69. The van der Waals surface area contributed by atoms with Crippen LogP contribution in [0.5, 0.6) is 0 Å². The van der Waals surface area contributed by atoms with Crippen LogP contribution in [0.3, 0.4) is 0 Å². The number of hydrogen-bond acceptors (Lipinski definition) is 18. The molecule has 11 N–H and O–H groups in total. The third-order valence-corrected chi connectivity index (χ3v) is 15.0. The van der Waals surface area contributed by atoms with Gasteiger partial charge in [-0.3, -0.25) is 4.79 Å². The topological polar surface area (TPSA) is 295 Å². The van der Waals surface area contributed by atoms with Gasteiger partial charge in [0.05, 0.1) is 30.8 Å². The highest BCUT2D eigenvalue weighted by Crippen LogP contribution is 2.73. The number of aliphatic hydroxyl groups is 11. The van der Waals surface area contributed by atoms with Crippen molar-refractivity contribution in [2.75, 3.05) is 19.8 Å². The summed E-state index contributed by atoms with van der Waals surface area (Å²) in [5.74, 6) is -0.591. The molecule has 18 nitrogen and oxygen atoms in total. The lowest BCUT2D eigenvalue weighted by Gasteiger charge is -2.64. The first-order chi connectivity index (χ1) is 26.4. The van der Waals surface area contributed by atoms with Crippen molar-refractivity contribution >= 4 is 5.97 Å². The fraction of sp³-hybridized carbons (Fsp3) is 0.921. The molecule has 21 atom stereocenters. The lowest BCUT2D eigenvalue weighted by Crippen LogP contribution is -2.65. The van der Waals surface area contributed by atoms with Crippen LogP contribution in [0.15, 0.2) is 12.2 Å². The molecule has 320 valence electrons. The largest absolute Gasteiger partial charge is 0.432 e.